The molecule has 0 unspecified atom stereocenters. The second-order valence-electron chi connectivity index (χ2n) is 6.69. The summed E-state index contributed by atoms with van der Waals surface area (Å²) in [6.07, 6.45) is 2.07. The van der Waals surface area contributed by atoms with Crippen LogP contribution in [-0.2, 0) is 14.3 Å². The molecule has 0 aromatic heterocycles. The number of primary amides is 1. The van der Waals surface area contributed by atoms with Crippen molar-refractivity contribution in [1.82, 2.24) is 10.6 Å². The molecule has 0 aliphatic heterocycles. The summed E-state index contributed by atoms with van der Waals surface area (Å²) in [5.41, 5.74) is 5.42. The minimum atomic E-state index is -0.595. The lowest BCUT2D eigenvalue weighted by molar-refractivity contribution is -0.130. The molecule has 156 valence electrons. The normalized spacial score (nSPS) is 21.3. The maximum absolute atomic E-state index is 13.0. The van der Waals surface area contributed by atoms with Crippen molar-refractivity contribution in [3.8, 4) is 0 Å². The molecule has 1 aromatic carbocycles. The van der Waals surface area contributed by atoms with Crippen LogP contribution in [0.1, 0.15) is 43.0 Å². The van der Waals surface area contributed by atoms with Gasteiger partial charge in [-0.3, -0.25) is 14.4 Å². The topological polar surface area (TPSA) is 111 Å². The fourth-order valence-electron chi connectivity index (χ4n) is 3.16. The number of hydrogen-bond acceptors (Lipinski definition) is 4. The first-order chi connectivity index (χ1) is 12.9. The van der Waals surface area contributed by atoms with Crippen LogP contribution in [0.3, 0.4) is 0 Å². The molecule has 0 spiro atoms. The van der Waals surface area contributed by atoms with Gasteiger partial charge in [-0.1, -0.05) is 6.92 Å². The first-order valence-corrected chi connectivity index (χ1v) is 9.14. The average molecular weight is 416 g/mol. The number of nitrogens with two attached hydrogens (primary N) is 1. The van der Waals surface area contributed by atoms with E-state index in [1.807, 2.05) is 6.92 Å². The Balaban J connectivity index is 0.00000392. The standard InChI is InChI=1S/C19H26FN3O4.ClH/c1-2-9-27-16-10-13(18(25)22-11-17(21)24)5-8-15(16)23-19(26)12-3-6-14(20)7-4-12;/h3-4,6-7,13,15-16H,2,5,8-11H2,1H3,(H2,21,24)(H,22,25)(H,23,26);1H/t13-,15+,16+;/m0./s1. The molecule has 1 aromatic rings. The zero-order valence-electron chi connectivity index (χ0n) is 15.8. The largest absolute Gasteiger partial charge is 0.376 e. The summed E-state index contributed by atoms with van der Waals surface area (Å²) in [5, 5.41) is 5.45. The molecule has 1 saturated carbocycles. The van der Waals surface area contributed by atoms with Gasteiger partial charge in [0, 0.05) is 18.1 Å². The van der Waals surface area contributed by atoms with E-state index in [9.17, 15) is 18.8 Å². The quantitative estimate of drug-likeness (QED) is 0.598. The highest BCUT2D eigenvalue weighted by Gasteiger charge is 2.35. The Hall–Kier alpha value is -2.19. The zero-order chi connectivity index (χ0) is 19.8. The molecule has 9 heteroatoms. The molecular weight excluding hydrogens is 389 g/mol. The van der Waals surface area contributed by atoms with Gasteiger partial charge in [0.15, 0.2) is 0 Å². The lowest BCUT2D eigenvalue weighted by Gasteiger charge is -2.36. The molecule has 0 heterocycles. The second-order valence-corrected chi connectivity index (χ2v) is 6.69. The Bertz CT molecular complexity index is 672. The van der Waals surface area contributed by atoms with Crippen LogP contribution in [-0.4, -0.2) is 43.0 Å². The molecular formula is C19H27ClFN3O4. The summed E-state index contributed by atoms with van der Waals surface area (Å²) < 4.78 is 18.9. The van der Waals surface area contributed by atoms with E-state index in [4.69, 9.17) is 10.5 Å². The van der Waals surface area contributed by atoms with Crippen molar-refractivity contribution in [2.24, 2.45) is 11.7 Å². The average Bonchev–Trinajstić information content (AvgIpc) is 2.65. The number of benzene rings is 1. The maximum atomic E-state index is 13.0. The Morgan fingerprint density at radius 2 is 1.89 bits per heavy atom. The van der Waals surface area contributed by atoms with Gasteiger partial charge in [0.1, 0.15) is 5.82 Å². The Morgan fingerprint density at radius 3 is 2.50 bits per heavy atom. The van der Waals surface area contributed by atoms with Crippen LogP contribution in [0.15, 0.2) is 24.3 Å². The van der Waals surface area contributed by atoms with Crippen molar-refractivity contribution < 1.29 is 23.5 Å². The van der Waals surface area contributed by atoms with E-state index in [2.05, 4.69) is 10.6 Å². The number of halogens is 2. The monoisotopic (exact) mass is 415 g/mol. The van der Waals surface area contributed by atoms with Crippen LogP contribution in [0.2, 0.25) is 0 Å². The van der Waals surface area contributed by atoms with Gasteiger partial charge in [-0.05, 0) is 49.9 Å². The van der Waals surface area contributed by atoms with Gasteiger partial charge < -0.3 is 21.1 Å². The third kappa shape index (κ3) is 7.09. The molecule has 1 aliphatic rings. The number of hydrogen-bond donors (Lipinski definition) is 3. The van der Waals surface area contributed by atoms with Gasteiger partial charge in [0.25, 0.3) is 5.91 Å². The van der Waals surface area contributed by atoms with Crippen molar-refractivity contribution >= 4 is 30.1 Å². The van der Waals surface area contributed by atoms with Crippen LogP contribution in [0.5, 0.6) is 0 Å². The SMILES string of the molecule is CCCO[C@@H]1C[C@@H](C(=O)NCC(N)=O)CC[C@H]1NC(=O)c1ccc(F)cc1.Cl. The molecule has 3 amide bonds. The number of nitrogens with one attached hydrogen (secondary N) is 2. The molecule has 1 aliphatic carbocycles. The first kappa shape index (κ1) is 23.8. The van der Waals surface area contributed by atoms with Gasteiger partial charge in [0.2, 0.25) is 11.8 Å². The fraction of sp³-hybridized carbons (Fsp3) is 0.526. The number of carbonyl (C=O) groups excluding carboxylic acids is 3. The van der Waals surface area contributed by atoms with Gasteiger partial charge in [-0.25, -0.2) is 4.39 Å². The van der Waals surface area contributed by atoms with Crippen LogP contribution in [0, 0.1) is 11.7 Å². The highest BCUT2D eigenvalue weighted by Crippen LogP contribution is 2.27. The van der Waals surface area contributed by atoms with E-state index < -0.39 is 11.7 Å². The Morgan fingerprint density at radius 1 is 1.21 bits per heavy atom. The van der Waals surface area contributed by atoms with E-state index in [1.54, 1.807) is 0 Å². The fourth-order valence-corrected chi connectivity index (χ4v) is 3.16. The number of rotatable bonds is 8. The zero-order valence-corrected chi connectivity index (χ0v) is 16.6. The molecule has 1 fully saturated rings. The highest BCUT2D eigenvalue weighted by atomic mass is 35.5. The molecule has 2 rings (SSSR count). The third-order valence-electron chi connectivity index (χ3n) is 4.56. The number of carbonyl (C=O) groups is 3. The number of amides is 3. The summed E-state index contributed by atoms with van der Waals surface area (Å²) in [7, 11) is 0. The van der Waals surface area contributed by atoms with Gasteiger partial charge in [-0.2, -0.15) is 0 Å². The van der Waals surface area contributed by atoms with Crippen molar-refractivity contribution in [2.45, 2.75) is 44.8 Å². The Kier molecular flexibility index (Phi) is 9.89. The third-order valence-corrected chi connectivity index (χ3v) is 4.56. The Labute approximate surface area is 170 Å². The molecule has 4 N–H and O–H groups in total. The highest BCUT2D eigenvalue weighted by molar-refractivity contribution is 5.94. The molecule has 28 heavy (non-hydrogen) atoms. The second kappa shape index (κ2) is 11.6. The smallest absolute Gasteiger partial charge is 0.251 e. The van der Waals surface area contributed by atoms with Crippen molar-refractivity contribution in [1.29, 1.82) is 0 Å². The predicted octanol–water partition coefficient (Wildman–Crippen LogP) is 1.54. The van der Waals surface area contributed by atoms with E-state index >= 15 is 0 Å². The summed E-state index contributed by atoms with van der Waals surface area (Å²) in [6.45, 7) is 2.30. The summed E-state index contributed by atoms with van der Waals surface area (Å²) in [4.78, 5) is 35.5. The number of ether oxygens (including phenoxy) is 1. The van der Waals surface area contributed by atoms with E-state index in [-0.39, 0.29) is 48.8 Å². The summed E-state index contributed by atoms with van der Waals surface area (Å²) >= 11 is 0. The molecule has 7 nitrogen and oxygen atoms in total. The van der Waals surface area contributed by atoms with E-state index in [1.165, 1.54) is 24.3 Å². The lowest BCUT2D eigenvalue weighted by Crippen LogP contribution is -2.50. The minimum absolute atomic E-state index is 0. The van der Waals surface area contributed by atoms with Gasteiger partial charge >= 0.3 is 0 Å². The molecule has 3 atom stereocenters. The maximum Gasteiger partial charge on any atom is 0.251 e. The van der Waals surface area contributed by atoms with Gasteiger partial charge in [0.05, 0.1) is 18.7 Å². The molecule has 0 radical (unpaired) electrons. The first-order valence-electron chi connectivity index (χ1n) is 9.14. The van der Waals surface area contributed by atoms with Gasteiger partial charge in [-0.15, -0.1) is 12.4 Å². The van der Waals surface area contributed by atoms with E-state index in [0.29, 0.717) is 31.4 Å². The summed E-state index contributed by atoms with van der Waals surface area (Å²) in [6, 6.07) is 5.08. The molecule has 0 saturated heterocycles. The lowest BCUT2D eigenvalue weighted by atomic mass is 9.83. The van der Waals surface area contributed by atoms with Crippen LogP contribution in [0.25, 0.3) is 0 Å². The van der Waals surface area contributed by atoms with Crippen LogP contribution in [0.4, 0.5) is 4.39 Å². The van der Waals surface area contributed by atoms with E-state index in [0.717, 1.165) is 6.42 Å². The predicted molar refractivity (Wildman–Crippen MR) is 104 cm³/mol. The van der Waals surface area contributed by atoms with Crippen molar-refractivity contribution in [3.63, 3.8) is 0 Å². The van der Waals surface area contributed by atoms with Crippen molar-refractivity contribution in [2.75, 3.05) is 13.2 Å². The molecule has 0 bridgehead atoms. The van der Waals surface area contributed by atoms with Crippen LogP contribution < -0.4 is 16.4 Å². The summed E-state index contributed by atoms with van der Waals surface area (Å²) in [5.74, 6) is -1.84. The van der Waals surface area contributed by atoms with Crippen LogP contribution >= 0.6 is 12.4 Å². The van der Waals surface area contributed by atoms with Crippen molar-refractivity contribution in [3.05, 3.63) is 35.6 Å². The minimum Gasteiger partial charge on any atom is -0.376 e.